The second-order valence-corrected chi connectivity index (χ2v) is 7.62. The molecule has 2 rings (SSSR count). The van der Waals surface area contributed by atoms with Gasteiger partial charge in [-0.15, -0.1) is 0 Å². The second-order valence-electron chi connectivity index (χ2n) is 7.62. The highest BCUT2D eigenvalue weighted by Crippen LogP contribution is 2.21. The van der Waals surface area contributed by atoms with E-state index in [4.69, 9.17) is 4.42 Å². The fraction of sp³-hybridized carbons (Fsp3) is 0.435. The Kier molecular flexibility index (Phi) is 9.59. The smallest absolute Gasteiger partial charge is 0.336 e. The molecule has 3 N–H and O–H groups in total. The minimum absolute atomic E-state index is 0.0187. The van der Waals surface area contributed by atoms with E-state index in [2.05, 4.69) is 20.7 Å². The normalized spacial score (nSPS) is 11.5. The van der Waals surface area contributed by atoms with Crippen LogP contribution in [0.4, 0.5) is 5.69 Å². The molecule has 3 amide bonds. The van der Waals surface area contributed by atoms with Crippen molar-refractivity contribution < 1.29 is 28.3 Å². The molecule has 0 radical (unpaired) electrons. The van der Waals surface area contributed by atoms with Crippen LogP contribution in [0.15, 0.2) is 33.5 Å². The number of rotatable bonds is 11. The molecule has 0 aliphatic heterocycles. The summed E-state index contributed by atoms with van der Waals surface area (Å²) in [5.41, 5.74) is 1.09. The molecule has 1 atom stereocenters. The summed E-state index contributed by atoms with van der Waals surface area (Å²) in [5, 5.41) is 8.84. The molecule has 1 heterocycles. The Morgan fingerprint density at radius 1 is 1.09 bits per heavy atom. The molecule has 0 spiro atoms. The first kappa shape index (κ1) is 25.6. The first-order chi connectivity index (χ1) is 15.7. The summed E-state index contributed by atoms with van der Waals surface area (Å²) in [6.45, 7) is 3.51. The van der Waals surface area contributed by atoms with Crippen molar-refractivity contribution in [2.24, 2.45) is 0 Å². The molecule has 0 aliphatic rings. The molecule has 0 saturated carbocycles. The lowest BCUT2D eigenvalue weighted by atomic mass is 10.1. The monoisotopic (exact) mass is 459 g/mol. The fourth-order valence-corrected chi connectivity index (χ4v) is 3.25. The fourth-order valence-electron chi connectivity index (χ4n) is 3.25. The lowest BCUT2D eigenvalue weighted by Gasteiger charge is -2.18. The van der Waals surface area contributed by atoms with Gasteiger partial charge >= 0.3 is 11.6 Å². The molecule has 1 aromatic carbocycles. The maximum absolute atomic E-state index is 12.7. The number of anilines is 1. The van der Waals surface area contributed by atoms with Gasteiger partial charge in [0.25, 0.3) is 0 Å². The van der Waals surface area contributed by atoms with Gasteiger partial charge in [-0.3, -0.25) is 19.2 Å². The van der Waals surface area contributed by atoms with Crippen LogP contribution in [0, 0.1) is 6.92 Å². The maximum Gasteiger partial charge on any atom is 0.336 e. The van der Waals surface area contributed by atoms with Gasteiger partial charge in [-0.2, -0.15) is 0 Å². The number of esters is 1. The van der Waals surface area contributed by atoms with E-state index in [1.807, 2.05) is 0 Å². The second kappa shape index (κ2) is 12.4. The Morgan fingerprint density at radius 2 is 1.85 bits per heavy atom. The number of carbonyl (C=O) groups is 4. The summed E-state index contributed by atoms with van der Waals surface area (Å²) in [6.07, 6.45) is 1.60. The summed E-state index contributed by atoms with van der Waals surface area (Å²) >= 11 is 0. The van der Waals surface area contributed by atoms with Gasteiger partial charge in [-0.1, -0.05) is 0 Å². The van der Waals surface area contributed by atoms with E-state index in [1.165, 1.54) is 20.1 Å². The predicted octanol–water partition coefficient (Wildman–Crippen LogP) is 1.78. The van der Waals surface area contributed by atoms with E-state index in [1.54, 1.807) is 25.1 Å². The van der Waals surface area contributed by atoms with Crippen molar-refractivity contribution in [3.63, 3.8) is 0 Å². The van der Waals surface area contributed by atoms with Crippen LogP contribution in [0.3, 0.4) is 0 Å². The lowest BCUT2D eigenvalue weighted by molar-refractivity contribution is -0.142. The maximum atomic E-state index is 12.7. The Labute approximate surface area is 191 Å². The molecule has 10 nitrogen and oxygen atoms in total. The topological polar surface area (TPSA) is 144 Å². The molecule has 178 valence electrons. The largest absolute Gasteiger partial charge is 0.469 e. The zero-order chi connectivity index (χ0) is 24.4. The van der Waals surface area contributed by atoms with Gasteiger partial charge in [-0.05, 0) is 43.9 Å². The highest BCUT2D eigenvalue weighted by molar-refractivity contribution is 5.98. The van der Waals surface area contributed by atoms with Gasteiger partial charge in [0.15, 0.2) is 0 Å². The first-order valence-electron chi connectivity index (χ1n) is 10.7. The van der Waals surface area contributed by atoms with Crippen molar-refractivity contribution in [3.8, 4) is 0 Å². The molecule has 0 fully saturated rings. The molecule has 33 heavy (non-hydrogen) atoms. The molecule has 0 aliphatic carbocycles. The van der Waals surface area contributed by atoms with Crippen LogP contribution in [0.25, 0.3) is 11.0 Å². The summed E-state index contributed by atoms with van der Waals surface area (Å²) in [4.78, 5) is 58.6. The molecule has 1 aromatic heterocycles. The van der Waals surface area contributed by atoms with Crippen molar-refractivity contribution in [1.29, 1.82) is 0 Å². The molecular weight excluding hydrogens is 430 g/mol. The van der Waals surface area contributed by atoms with Gasteiger partial charge in [0.05, 0.1) is 13.5 Å². The summed E-state index contributed by atoms with van der Waals surface area (Å²) in [6, 6.07) is 5.64. The number of hydrogen-bond acceptors (Lipinski definition) is 7. The van der Waals surface area contributed by atoms with Crippen molar-refractivity contribution in [2.45, 2.75) is 52.0 Å². The van der Waals surface area contributed by atoms with Crippen molar-refractivity contribution in [2.75, 3.05) is 19.0 Å². The Morgan fingerprint density at radius 3 is 2.55 bits per heavy atom. The average Bonchev–Trinajstić information content (AvgIpc) is 2.75. The van der Waals surface area contributed by atoms with Crippen molar-refractivity contribution in [1.82, 2.24) is 10.6 Å². The molecule has 2 aromatic rings. The van der Waals surface area contributed by atoms with Crippen LogP contribution >= 0.6 is 0 Å². The SMILES string of the molecule is COC(=O)CCC(=O)NCCCC[C@H](NC(C)=O)C(=O)Nc1ccc2c(C)cc(=O)oc2c1. The number of ether oxygens (including phenoxy) is 1. The lowest BCUT2D eigenvalue weighted by Crippen LogP contribution is -2.43. The van der Waals surface area contributed by atoms with Gasteiger partial charge in [0, 0.05) is 43.1 Å². The van der Waals surface area contributed by atoms with Crippen LogP contribution in [0.5, 0.6) is 0 Å². The van der Waals surface area contributed by atoms with Gasteiger partial charge in [-0.25, -0.2) is 4.79 Å². The Bertz CT molecular complexity index is 1080. The quantitative estimate of drug-likeness (QED) is 0.264. The number of fused-ring (bicyclic) bond motifs is 1. The number of unbranched alkanes of at least 4 members (excludes halogenated alkanes) is 1. The zero-order valence-electron chi connectivity index (χ0n) is 19.0. The summed E-state index contributed by atoms with van der Waals surface area (Å²) < 4.78 is 9.69. The van der Waals surface area contributed by atoms with Crippen LogP contribution in [0.2, 0.25) is 0 Å². The van der Waals surface area contributed by atoms with Crippen LogP contribution in [-0.4, -0.2) is 43.4 Å². The van der Waals surface area contributed by atoms with Crippen LogP contribution < -0.4 is 21.6 Å². The van der Waals surface area contributed by atoms with Gasteiger partial charge in [0.2, 0.25) is 17.7 Å². The number of nitrogens with one attached hydrogen (secondary N) is 3. The minimum Gasteiger partial charge on any atom is -0.469 e. The number of aryl methyl sites for hydroxylation is 1. The molecule has 10 heteroatoms. The van der Waals surface area contributed by atoms with E-state index in [0.29, 0.717) is 37.1 Å². The highest BCUT2D eigenvalue weighted by atomic mass is 16.5. The highest BCUT2D eigenvalue weighted by Gasteiger charge is 2.19. The third-order valence-electron chi connectivity index (χ3n) is 4.94. The third kappa shape index (κ3) is 8.40. The van der Waals surface area contributed by atoms with E-state index in [0.717, 1.165) is 10.9 Å². The minimum atomic E-state index is -0.766. The number of amides is 3. The number of hydrogen-bond donors (Lipinski definition) is 3. The van der Waals surface area contributed by atoms with Gasteiger partial charge < -0.3 is 25.1 Å². The van der Waals surface area contributed by atoms with E-state index in [-0.39, 0.29) is 24.7 Å². The number of benzene rings is 1. The van der Waals surface area contributed by atoms with Gasteiger partial charge in [0.1, 0.15) is 11.6 Å². The van der Waals surface area contributed by atoms with E-state index in [9.17, 15) is 24.0 Å². The van der Waals surface area contributed by atoms with E-state index >= 15 is 0 Å². The van der Waals surface area contributed by atoms with Crippen LogP contribution in [0.1, 0.15) is 44.6 Å². The molecule has 0 saturated heterocycles. The molecular formula is C23H29N3O7. The number of carbonyl (C=O) groups excluding carboxylic acids is 4. The summed E-state index contributed by atoms with van der Waals surface area (Å²) in [7, 11) is 1.26. The standard InChI is InChI=1S/C23H29N3O7/c1-14-12-22(30)33-19-13-16(7-8-17(14)19)26-23(31)18(25-15(2)27)6-4-5-11-24-20(28)9-10-21(29)32-3/h7-8,12-13,18H,4-6,9-11H2,1-3H3,(H,24,28)(H,25,27)(H,26,31)/t18-/m0/s1. The van der Waals surface area contributed by atoms with E-state index < -0.39 is 23.5 Å². The number of methoxy groups -OCH3 is 1. The third-order valence-corrected chi connectivity index (χ3v) is 4.94. The Hall–Kier alpha value is -3.69. The van der Waals surface area contributed by atoms with Crippen molar-refractivity contribution in [3.05, 3.63) is 40.2 Å². The summed E-state index contributed by atoms with van der Waals surface area (Å²) in [5.74, 6) is -1.44. The zero-order valence-corrected chi connectivity index (χ0v) is 19.0. The Balaban J connectivity index is 1.88. The van der Waals surface area contributed by atoms with Crippen LogP contribution in [-0.2, 0) is 23.9 Å². The molecule has 0 unspecified atom stereocenters. The molecule has 0 bridgehead atoms. The first-order valence-corrected chi connectivity index (χ1v) is 10.7. The predicted molar refractivity (Wildman–Crippen MR) is 122 cm³/mol. The average molecular weight is 459 g/mol. The van der Waals surface area contributed by atoms with Crippen molar-refractivity contribution >= 4 is 40.3 Å².